The molecule has 4 aliphatic heterocycles. The summed E-state index contributed by atoms with van der Waals surface area (Å²) in [5, 5.41) is 3.50. The summed E-state index contributed by atoms with van der Waals surface area (Å²) in [5.74, 6) is 2.06. The summed E-state index contributed by atoms with van der Waals surface area (Å²) >= 11 is 0. The van der Waals surface area contributed by atoms with Crippen LogP contribution in [0.5, 0.6) is 5.75 Å². The van der Waals surface area contributed by atoms with Gasteiger partial charge in [0.05, 0.1) is 6.54 Å². The molecule has 6 nitrogen and oxygen atoms in total. The number of ether oxygens (including phenoxy) is 1. The van der Waals surface area contributed by atoms with E-state index in [1.165, 1.54) is 32.7 Å². The van der Waals surface area contributed by atoms with Gasteiger partial charge >= 0.3 is 0 Å². The maximum absolute atomic E-state index is 6.13. The molecule has 1 N–H and O–H groups in total. The first-order valence-corrected chi connectivity index (χ1v) is 10.5. The Morgan fingerprint density at radius 2 is 1.79 bits per heavy atom. The van der Waals surface area contributed by atoms with E-state index in [0.717, 1.165) is 50.7 Å². The molecule has 0 aromatic heterocycles. The number of piperazine rings is 3. The minimum atomic E-state index is 0. The van der Waals surface area contributed by atoms with Gasteiger partial charge < -0.3 is 15.0 Å². The first-order chi connectivity index (χ1) is 13.3. The Balaban J connectivity index is 0.00000225. The average Bonchev–Trinajstić information content (AvgIpc) is 2.73. The van der Waals surface area contributed by atoms with Crippen LogP contribution in [-0.4, -0.2) is 91.7 Å². The number of guanidine groups is 1. The van der Waals surface area contributed by atoms with E-state index in [2.05, 4.69) is 26.9 Å². The molecular weight excluding hydrogens is 465 g/mol. The SMILES string of the molecule is CCNC(=NCC1CN2CCN1CC2)N1CCC(Oc2ccccc2)CC1.I. The number of aliphatic imine (C=N–C) groups is 1. The van der Waals surface area contributed by atoms with Crippen molar-refractivity contribution in [1.29, 1.82) is 0 Å². The predicted octanol–water partition coefficient (Wildman–Crippen LogP) is 2.11. The topological polar surface area (TPSA) is 43.3 Å². The zero-order valence-electron chi connectivity index (χ0n) is 16.9. The van der Waals surface area contributed by atoms with E-state index in [4.69, 9.17) is 9.73 Å². The number of hydrogen-bond donors (Lipinski definition) is 1. The lowest BCUT2D eigenvalue weighted by atomic mass is 10.1. The van der Waals surface area contributed by atoms with Crippen molar-refractivity contribution in [1.82, 2.24) is 20.0 Å². The van der Waals surface area contributed by atoms with Gasteiger partial charge in [-0.1, -0.05) is 18.2 Å². The van der Waals surface area contributed by atoms with Crippen molar-refractivity contribution in [2.24, 2.45) is 4.99 Å². The van der Waals surface area contributed by atoms with Crippen molar-refractivity contribution in [3.63, 3.8) is 0 Å². The fourth-order valence-electron chi connectivity index (χ4n) is 4.39. The Labute approximate surface area is 186 Å². The number of halogens is 1. The van der Waals surface area contributed by atoms with E-state index in [0.29, 0.717) is 12.1 Å². The second-order valence-electron chi connectivity index (χ2n) is 7.80. The molecule has 1 aromatic carbocycles. The van der Waals surface area contributed by atoms with Crippen LogP contribution in [0.3, 0.4) is 0 Å². The maximum atomic E-state index is 6.13. The minimum absolute atomic E-state index is 0. The molecule has 1 unspecified atom stereocenters. The summed E-state index contributed by atoms with van der Waals surface area (Å²) in [5.41, 5.74) is 0. The van der Waals surface area contributed by atoms with Gasteiger partial charge in [-0.15, -0.1) is 24.0 Å². The number of benzene rings is 1. The monoisotopic (exact) mass is 499 g/mol. The third kappa shape index (κ3) is 5.51. The van der Waals surface area contributed by atoms with Crippen molar-refractivity contribution in [2.45, 2.75) is 31.9 Å². The van der Waals surface area contributed by atoms with Gasteiger partial charge in [0, 0.05) is 71.2 Å². The lowest BCUT2D eigenvalue weighted by Crippen LogP contribution is -2.62. The molecule has 156 valence electrons. The van der Waals surface area contributed by atoms with Gasteiger partial charge in [-0.05, 0) is 19.1 Å². The summed E-state index contributed by atoms with van der Waals surface area (Å²) in [7, 11) is 0. The molecule has 5 rings (SSSR count). The number of likely N-dealkylation sites (tertiary alicyclic amines) is 1. The number of para-hydroxylation sites is 1. The number of nitrogens with zero attached hydrogens (tertiary/aromatic N) is 4. The summed E-state index contributed by atoms with van der Waals surface area (Å²) in [4.78, 5) is 12.6. The van der Waals surface area contributed by atoms with Crippen molar-refractivity contribution in [3.8, 4) is 5.75 Å². The molecule has 0 saturated carbocycles. The van der Waals surface area contributed by atoms with E-state index >= 15 is 0 Å². The molecule has 7 heteroatoms. The third-order valence-electron chi connectivity index (χ3n) is 5.97. The van der Waals surface area contributed by atoms with Gasteiger partial charge in [0.15, 0.2) is 5.96 Å². The minimum Gasteiger partial charge on any atom is -0.490 e. The highest BCUT2D eigenvalue weighted by atomic mass is 127. The van der Waals surface area contributed by atoms with Crippen LogP contribution >= 0.6 is 24.0 Å². The predicted molar refractivity (Wildman–Crippen MR) is 125 cm³/mol. The highest BCUT2D eigenvalue weighted by molar-refractivity contribution is 14.0. The third-order valence-corrected chi connectivity index (χ3v) is 5.97. The van der Waals surface area contributed by atoms with Gasteiger partial charge in [0.1, 0.15) is 11.9 Å². The lowest BCUT2D eigenvalue weighted by Gasteiger charge is -2.47. The highest BCUT2D eigenvalue weighted by Gasteiger charge is 2.31. The van der Waals surface area contributed by atoms with E-state index in [1.54, 1.807) is 0 Å². The Bertz CT molecular complexity index is 612. The van der Waals surface area contributed by atoms with Crippen LogP contribution < -0.4 is 10.1 Å². The summed E-state index contributed by atoms with van der Waals surface area (Å²) in [6.45, 7) is 12.0. The molecule has 4 saturated heterocycles. The summed E-state index contributed by atoms with van der Waals surface area (Å²) in [6, 6.07) is 10.8. The average molecular weight is 499 g/mol. The van der Waals surface area contributed by atoms with Gasteiger partial charge in [-0.2, -0.15) is 0 Å². The normalized spacial score (nSPS) is 28.0. The fraction of sp³-hybridized carbons (Fsp3) is 0.667. The van der Waals surface area contributed by atoms with Crippen LogP contribution in [0, 0.1) is 0 Å². The Kier molecular flexibility index (Phi) is 8.23. The number of hydrogen-bond acceptors (Lipinski definition) is 4. The van der Waals surface area contributed by atoms with Gasteiger partial charge in [-0.25, -0.2) is 0 Å². The number of rotatable bonds is 5. The smallest absolute Gasteiger partial charge is 0.193 e. The Morgan fingerprint density at radius 3 is 2.39 bits per heavy atom. The van der Waals surface area contributed by atoms with Crippen molar-refractivity contribution < 1.29 is 4.74 Å². The molecule has 0 radical (unpaired) electrons. The van der Waals surface area contributed by atoms with E-state index < -0.39 is 0 Å². The second-order valence-corrected chi connectivity index (χ2v) is 7.80. The highest BCUT2D eigenvalue weighted by Crippen LogP contribution is 2.19. The van der Waals surface area contributed by atoms with Crippen LogP contribution in [0.4, 0.5) is 0 Å². The quantitative estimate of drug-likeness (QED) is 0.382. The molecule has 0 spiro atoms. The standard InChI is InChI=1S/C21H33N5O.HI/c1-2-22-21(23-16-18-17-24-12-14-25(18)15-13-24)26-10-8-20(9-11-26)27-19-6-4-3-5-7-19;/h3-7,18,20H,2,8-17H2,1H3,(H,22,23);1H. The van der Waals surface area contributed by atoms with Gasteiger partial charge in [-0.3, -0.25) is 14.8 Å². The summed E-state index contributed by atoms with van der Waals surface area (Å²) < 4.78 is 6.13. The van der Waals surface area contributed by atoms with Gasteiger partial charge in [0.25, 0.3) is 0 Å². The molecule has 0 aliphatic carbocycles. The van der Waals surface area contributed by atoms with Crippen molar-refractivity contribution >= 4 is 29.9 Å². The first kappa shape index (κ1) is 21.6. The Hall–Kier alpha value is -1.06. The number of fused-ring (bicyclic) bond motifs is 3. The van der Waals surface area contributed by atoms with Crippen molar-refractivity contribution in [3.05, 3.63) is 30.3 Å². The van der Waals surface area contributed by atoms with E-state index in [9.17, 15) is 0 Å². The summed E-state index contributed by atoms with van der Waals surface area (Å²) in [6.07, 6.45) is 2.39. The zero-order valence-corrected chi connectivity index (χ0v) is 19.3. The molecule has 0 amide bonds. The second kappa shape index (κ2) is 10.6. The Morgan fingerprint density at radius 1 is 1.07 bits per heavy atom. The number of nitrogens with one attached hydrogen (secondary N) is 1. The van der Waals surface area contributed by atoms with Crippen LogP contribution in [0.2, 0.25) is 0 Å². The van der Waals surface area contributed by atoms with Crippen LogP contribution in [0.15, 0.2) is 35.3 Å². The number of piperidine rings is 1. The fourth-order valence-corrected chi connectivity index (χ4v) is 4.39. The van der Waals surface area contributed by atoms with Crippen LogP contribution in [0.25, 0.3) is 0 Å². The molecule has 2 bridgehead atoms. The van der Waals surface area contributed by atoms with Crippen molar-refractivity contribution in [2.75, 3.05) is 58.9 Å². The molecular formula is C21H34IN5O. The molecule has 4 heterocycles. The molecule has 28 heavy (non-hydrogen) atoms. The first-order valence-electron chi connectivity index (χ1n) is 10.5. The van der Waals surface area contributed by atoms with Crippen LogP contribution in [-0.2, 0) is 0 Å². The van der Waals surface area contributed by atoms with E-state index in [1.807, 2.05) is 30.3 Å². The zero-order chi connectivity index (χ0) is 18.5. The molecule has 1 aromatic rings. The van der Waals surface area contributed by atoms with Crippen LogP contribution in [0.1, 0.15) is 19.8 Å². The largest absolute Gasteiger partial charge is 0.490 e. The molecule has 4 fully saturated rings. The van der Waals surface area contributed by atoms with E-state index in [-0.39, 0.29) is 24.0 Å². The molecule has 1 atom stereocenters. The maximum Gasteiger partial charge on any atom is 0.193 e. The molecule has 4 aliphatic rings. The lowest BCUT2D eigenvalue weighted by molar-refractivity contribution is 0.0173. The van der Waals surface area contributed by atoms with Gasteiger partial charge in [0.2, 0.25) is 0 Å².